The van der Waals surface area contributed by atoms with Crippen LogP contribution in [0.2, 0.25) is 0 Å². The Hall–Kier alpha value is -1.70. The van der Waals surface area contributed by atoms with Crippen LogP contribution in [0.3, 0.4) is 0 Å². The number of aliphatic hydroxyl groups excluding tert-OH is 2. The molecule has 0 saturated carbocycles. The van der Waals surface area contributed by atoms with Gasteiger partial charge in [0.05, 0.1) is 30.3 Å². The molecule has 19 heavy (non-hydrogen) atoms. The van der Waals surface area contributed by atoms with Gasteiger partial charge in [-0.1, -0.05) is 6.07 Å². The minimum Gasteiger partial charge on any atom is -0.397 e. The van der Waals surface area contributed by atoms with Gasteiger partial charge in [-0.15, -0.1) is 11.3 Å². The van der Waals surface area contributed by atoms with E-state index in [-0.39, 0.29) is 29.2 Å². The second-order valence-corrected chi connectivity index (χ2v) is 5.05. The van der Waals surface area contributed by atoms with Gasteiger partial charge in [-0.25, -0.2) is 4.39 Å². The molecule has 5 nitrogen and oxygen atoms in total. The van der Waals surface area contributed by atoms with Crippen molar-refractivity contribution in [1.82, 2.24) is 5.32 Å². The lowest BCUT2D eigenvalue weighted by molar-refractivity contribution is 0.0884. The first-order valence-electron chi connectivity index (χ1n) is 5.57. The number of anilines is 1. The van der Waals surface area contributed by atoms with Crippen molar-refractivity contribution in [2.75, 3.05) is 18.9 Å². The third kappa shape index (κ3) is 2.53. The van der Waals surface area contributed by atoms with E-state index in [1.807, 2.05) is 0 Å². The summed E-state index contributed by atoms with van der Waals surface area (Å²) >= 11 is 1.07. The minimum absolute atomic E-state index is 0.0743. The molecule has 0 bridgehead atoms. The molecule has 5 N–H and O–H groups in total. The molecule has 0 aliphatic heterocycles. The monoisotopic (exact) mass is 284 g/mol. The van der Waals surface area contributed by atoms with Crippen molar-refractivity contribution >= 4 is 33.0 Å². The quantitative estimate of drug-likeness (QED) is 0.665. The highest BCUT2D eigenvalue weighted by atomic mass is 32.1. The van der Waals surface area contributed by atoms with Gasteiger partial charge in [-0.3, -0.25) is 4.79 Å². The van der Waals surface area contributed by atoms with Crippen LogP contribution in [0.4, 0.5) is 10.1 Å². The van der Waals surface area contributed by atoms with Crippen LogP contribution in [0.5, 0.6) is 0 Å². The molecular formula is C12H13FN2O3S. The van der Waals surface area contributed by atoms with Gasteiger partial charge in [0.25, 0.3) is 5.91 Å². The van der Waals surface area contributed by atoms with Gasteiger partial charge in [-0.2, -0.15) is 0 Å². The van der Waals surface area contributed by atoms with E-state index in [1.165, 1.54) is 6.07 Å². The molecule has 0 saturated heterocycles. The van der Waals surface area contributed by atoms with E-state index >= 15 is 0 Å². The van der Waals surface area contributed by atoms with Crippen LogP contribution < -0.4 is 11.1 Å². The van der Waals surface area contributed by atoms with Crippen LogP contribution in [0, 0.1) is 5.82 Å². The normalized spacial score (nSPS) is 11.2. The predicted octanol–water partition coefficient (Wildman–Crippen LogP) is 0.706. The van der Waals surface area contributed by atoms with Crippen LogP contribution in [-0.4, -0.2) is 35.4 Å². The standard InChI is InChI=1S/C12H13FN2O3S/c13-7-2-1-3-8-9(7)10(14)11(19-8)12(18)15-6(4-16)5-17/h1-3,6,16-17H,4-5,14H2,(H,15,18). The van der Waals surface area contributed by atoms with Crippen molar-refractivity contribution in [2.45, 2.75) is 6.04 Å². The molecule has 0 unspecified atom stereocenters. The number of halogens is 1. The minimum atomic E-state index is -0.762. The second-order valence-electron chi connectivity index (χ2n) is 3.99. The molecule has 102 valence electrons. The van der Waals surface area contributed by atoms with Gasteiger partial charge in [-0.05, 0) is 12.1 Å². The lowest BCUT2D eigenvalue weighted by Crippen LogP contribution is -2.39. The van der Waals surface area contributed by atoms with Gasteiger partial charge in [0.1, 0.15) is 10.7 Å². The first-order chi connectivity index (χ1) is 9.08. The van der Waals surface area contributed by atoms with E-state index in [2.05, 4.69) is 5.32 Å². The van der Waals surface area contributed by atoms with Gasteiger partial charge >= 0.3 is 0 Å². The average molecular weight is 284 g/mol. The fraction of sp³-hybridized carbons (Fsp3) is 0.250. The number of nitrogens with two attached hydrogens (primary N) is 1. The Labute approximate surface area is 112 Å². The Bertz CT molecular complexity index is 610. The molecule has 1 heterocycles. The number of carbonyl (C=O) groups excluding carboxylic acids is 1. The molecule has 0 aliphatic carbocycles. The number of amides is 1. The molecule has 0 fully saturated rings. The molecule has 7 heteroatoms. The number of benzene rings is 1. The summed E-state index contributed by atoms with van der Waals surface area (Å²) in [5, 5.41) is 20.5. The number of thiophene rings is 1. The van der Waals surface area contributed by atoms with Crippen LogP contribution in [0.25, 0.3) is 10.1 Å². The summed E-state index contributed by atoms with van der Waals surface area (Å²) in [4.78, 5) is 12.1. The maximum absolute atomic E-state index is 13.6. The van der Waals surface area contributed by atoms with Gasteiger partial charge in [0.2, 0.25) is 0 Å². The topological polar surface area (TPSA) is 95.6 Å². The molecule has 1 aromatic heterocycles. The van der Waals surface area contributed by atoms with Crippen molar-refractivity contribution in [3.05, 3.63) is 28.9 Å². The summed E-state index contributed by atoms with van der Waals surface area (Å²) in [6, 6.07) is 3.73. The van der Waals surface area contributed by atoms with E-state index in [4.69, 9.17) is 15.9 Å². The maximum atomic E-state index is 13.6. The Morgan fingerprint density at radius 3 is 2.68 bits per heavy atom. The first kappa shape index (κ1) is 13.7. The summed E-state index contributed by atoms with van der Waals surface area (Å²) in [6.45, 7) is -0.775. The molecule has 1 aromatic carbocycles. The predicted molar refractivity (Wildman–Crippen MR) is 71.6 cm³/mol. The molecule has 2 aromatic rings. The number of hydrogen-bond donors (Lipinski definition) is 4. The SMILES string of the molecule is Nc1c(C(=O)NC(CO)CO)sc2cccc(F)c12. The molecule has 2 rings (SSSR count). The number of nitrogens with one attached hydrogen (secondary N) is 1. The Morgan fingerprint density at radius 2 is 2.11 bits per heavy atom. The third-order valence-electron chi connectivity index (χ3n) is 2.68. The van der Waals surface area contributed by atoms with Crippen molar-refractivity contribution in [3.63, 3.8) is 0 Å². The highest BCUT2D eigenvalue weighted by molar-refractivity contribution is 7.21. The van der Waals surface area contributed by atoms with Crippen molar-refractivity contribution in [3.8, 4) is 0 Å². The second kappa shape index (κ2) is 5.52. The smallest absolute Gasteiger partial charge is 0.263 e. The van der Waals surface area contributed by atoms with Crippen LogP contribution >= 0.6 is 11.3 Å². The Kier molecular flexibility index (Phi) is 3.98. The van der Waals surface area contributed by atoms with Gasteiger partial charge in [0.15, 0.2) is 0 Å². The van der Waals surface area contributed by atoms with Crippen molar-refractivity contribution < 1.29 is 19.4 Å². The van der Waals surface area contributed by atoms with Crippen molar-refractivity contribution in [1.29, 1.82) is 0 Å². The summed E-state index contributed by atoms with van der Waals surface area (Å²) in [5.74, 6) is -1.02. The van der Waals surface area contributed by atoms with E-state index in [1.54, 1.807) is 12.1 Å². The summed E-state index contributed by atoms with van der Waals surface area (Å²) in [6.07, 6.45) is 0. The average Bonchev–Trinajstić information content (AvgIpc) is 2.74. The third-order valence-corrected chi connectivity index (χ3v) is 3.85. The first-order valence-corrected chi connectivity index (χ1v) is 6.39. The van der Waals surface area contributed by atoms with Gasteiger partial charge in [0, 0.05) is 4.70 Å². The van der Waals surface area contributed by atoms with Crippen molar-refractivity contribution in [2.24, 2.45) is 0 Å². The van der Waals surface area contributed by atoms with Crippen LogP contribution in [-0.2, 0) is 0 Å². The largest absolute Gasteiger partial charge is 0.397 e. The molecule has 1 amide bonds. The summed E-state index contributed by atoms with van der Waals surface area (Å²) < 4.78 is 14.2. The van der Waals surface area contributed by atoms with Crippen LogP contribution in [0.15, 0.2) is 18.2 Å². The molecule has 0 aliphatic rings. The number of carbonyl (C=O) groups is 1. The lowest BCUT2D eigenvalue weighted by atomic mass is 10.2. The zero-order valence-electron chi connectivity index (χ0n) is 9.89. The van der Waals surface area contributed by atoms with Crippen LogP contribution in [0.1, 0.15) is 9.67 Å². The molecular weight excluding hydrogens is 271 g/mol. The summed E-state index contributed by atoms with van der Waals surface area (Å²) in [5.41, 5.74) is 5.86. The summed E-state index contributed by atoms with van der Waals surface area (Å²) in [7, 11) is 0. The molecule has 0 radical (unpaired) electrons. The fourth-order valence-corrected chi connectivity index (χ4v) is 2.74. The van der Waals surface area contributed by atoms with E-state index in [9.17, 15) is 9.18 Å². The maximum Gasteiger partial charge on any atom is 0.263 e. The number of aliphatic hydroxyl groups is 2. The van der Waals surface area contributed by atoms with Gasteiger partial charge < -0.3 is 21.3 Å². The zero-order chi connectivity index (χ0) is 14.0. The number of hydrogen-bond acceptors (Lipinski definition) is 5. The number of rotatable bonds is 4. The number of nitrogen functional groups attached to an aromatic ring is 1. The zero-order valence-corrected chi connectivity index (χ0v) is 10.7. The molecule has 0 atom stereocenters. The highest BCUT2D eigenvalue weighted by Gasteiger charge is 2.20. The Morgan fingerprint density at radius 1 is 1.42 bits per heavy atom. The van der Waals surface area contributed by atoms with E-state index in [0.29, 0.717) is 4.70 Å². The number of fused-ring (bicyclic) bond motifs is 1. The van der Waals surface area contributed by atoms with E-state index < -0.39 is 17.8 Å². The molecule has 0 spiro atoms. The Balaban J connectivity index is 2.38. The van der Waals surface area contributed by atoms with E-state index in [0.717, 1.165) is 11.3 Å². The fourth-order valence-electron chi connectivity index (χ4n) is 1.70. The highest BCUT2D eigenvalue weighted by Crippen LogP contribution is 2.35. The lowest BCUT2D eigenvalue weighted by Gasteiger charge is -2.12.